The molecule has 0 unspecified atom stereocenters. The lowest BCUT2D eigenvalue weighted by molar-refractivity contribution is 0.663. The highest BCUT2D eigenvalue weighted by Crippen LogP contribution is 2.50. The van der Waals surface area contributed by atoms with E-state index in [1.165, 1.54) is 11.1 Å². The number of benzene rings is 9. The molecule has 2 heterocycles. The average molecular weight is 827 g/mol. The molecule has 2 aromatic heterocycles. The molecule has 11 aromatic rings. The molecule has 9 aromatic carbocycles. The van der Waals surface area contributed by atoms with Crippen molar-refractivity contribution >= 4 is 99.5 Å². The summed E-state index contributed by atoms with van der Waals surface area (Å²) < 4.78 is 14.0. The van der Waals surface area contributed by atoms with Gasteiger partial charge in [0.1, 0.15) is 22.3 Å². The van der Waals surface area contributed by atoms with E-state index < -0.39 is 0 Å². The Balaban J connectivity index is 1.16. The van der Waals surface area contributed by atoms with Crippen LogP contribution in [0.2, 0.25) is 0 Å². The topological polar surface area (TPSA) is 80.3 Å². The Morgan fingerprint density at radius 1 is 0.391 bits per heavy atom. The first-order valence-corrected chi connectivity index (χ1v) is 21.7. The second-order valence-corrected chi connectivity index (χ2v) is 17.1. The summed E-state index contributed by atoms with van der Waals surface area (Å²) in [6, 6.07) is 63.1. The summed E-state index contributed by atoms with van der Waals surface area (Å²) in [5.74, 6) is 0.793. The van der Waals surface area contributed by atoms with Crippen molar-refractivity contribution in [2.45, 2.75) is 39.5 Å². The Morgan fingerprint density at radius 2 is 0.797 bits per heavy atom. The van der Waals surface area contributed by atoms with Gasteiger partial charge < -0.3 is 18.6 Å². The third-order valence-electron chi connectivity index (χ3n) is 12.7. The van der Waals surface area contributed by atoms with Crippen LogP contribution in [-0.2, 0) is 0 Å². The lowest BCUT2D eigenvalue weighted by Crippen LogP contribution is -2.10. The van der Waals surface area contributed by atoms with Crippen LogP contribution >= 0.6 is 0 Å². The minimum absolute atomic E-state index is 0.396. The molecular weight excluding hydrogens is 785 g/mol. The fourth-order valence-electron chi connectivity index (χ4n) is 9.39. The van der Waals surface area contributed by atoms with E-state index in [1.807, 2.05) is 48.5 Å². The Morgan fingerprint density at radius 3 is 1.23 bits per heavy atom. The van der Waals surface area contributed by atoms with Gasteiger partial charge in [-0.3, -0.25) is 0 Å². The molecule has 0 fully saturated rings. The van der Waals surface area contributed by atoms with Crippen molar-refractivity contribution in [1.29, 1.82) is 10.5 Å². The van der Waals surface area contributed by atoms with E-state index in [9.17, 15) is 10.5 Å². The standard InChI is InChI=1S/C58H42N4O2/c1-35(2)39-17-25-43(26-18-39)61(41-21-13-37(33-59)14-22-41)50-31-53-55(47-11-7-5-9-45(47)50)49-29-30-52-57(58(49)64-53)56-48-12-8-6-10-46(48)51(32-54(56)63-52)62(42-23-15-38(34-60)16-24-42)44-27-19-40(20-28-44)36(3)4/h5-32,35-36H,1-4H3. The molecule has 0 saturated heterocycles. The SMILES string of the molecule is CC(C)c1ccc(N(c2ccc(C#N)cc2)c2cc3oc4c(ccc5oc6cc(N(c7ccc(C#N)cc7)c7ccc(C(C)C)cc7)c7ccccc7c6c54)c3c3ccccc23)cc1. The quantitative estimate of drug-likeness (QED) is 0.152. The highest BCUT2D eigenvalue weighted by atomic mass is 16.3. The highest BCUT2D eigenvalue weighted by Gasteiger charge is 2.25. The number of nitrogens with zero attached hydrogens (tertiary/aromatic N) is 4. The molecule has 0 aliphatic rings. The summed E-state index contributed by atoms with van der Waals surface area (Å²) in [6.45, 7) is 8.82. The molecule has 0 atom stereocenters. The minimum Gasteiger partial charge on any atom is -0.456 e. The first-order chi connectivity index (χ1) is 31.3. The zero-order chi connectivity index (χ0) is 43.6. The van der Waals surface area contributed by atoms with Gasteiger partial charge in [-0.1, -0.05) is 100 Å². The van der Waals surface area contributed by atoms with Crippen LogP contribution in [0.4, 0.5) is 34.1 Å². The molecule has 0 saturated carbocycles. The van der Waals surface area contributed by atoms with Crippen molar-refractivity contribution in [3.63, 3.8) is 0 Å². The van der Waals surface area contributed by atoms with E-state index in [4.69, 9.17) is 8.83 Å². The van der Waals surface area contributed by atoms with Crippen molar-refractivity contribution in [3.05, 3.63) is 192 Å². The van der Waals surface area contributed by atoms with Crippen LogP contribution in [0.25, 0.3) is 65.4 Å². The zero-order valence-corrected chi connectivity index (χ0v) is 35.9. The van der Waals surface area contributed by atoms with Crippen molar-refractivity contribution in [2.24, 2.45) is 0 Å². The predicted octanol–water partition coefficient (Wildman–Crippen LogP) is 16.7. The van der Waals surface area contributed by atoms with Crippen LogP contribution in [0.15, 0.2) is 179 Å². The number of hydrogen-bond acceptors (Lipinski definition) is 6. The van der Waals surface area contributed by atoms with E-state index in [0.29, 0.717) is 23.0 Å². The zero-order valence-electron chi connectivity index (χ0n) is 35.9. The fourth-order valence-corrected chi connectivity index (χ4v) is 9.39. The molecule has 6 nitrogen and oxygen atoms in total. The lowest BCUT2D eigenvalue weighted by Gasteiger charge is -2.27. The van der Waals surface area contributed by atoms with Crippen LogP contribution in [0.5, 0.6) is 0 Å². The average Bonchev–Trinajstić information content (AvgIpc) is 3.91. The summed E-state index contributed by atoms with van der Waals surface area (Å²) in [6.07, 6.45) is 0. The molecular formula is C58H42N4O2. The summed E-state index contributed by atoms with van der Waals surface area (Å²) in [7, 11) is 0. The number of fused-ring (bicyclic) bond motifs is 11. The molecule has 0 N–H and O–H groups in total. The van der Waals surface area contributed by atoms with Crippen molar-refractivity contribution in [1.82, 2.24) is 0 Å². The second kappa shape index (κ2) is 15.2. The van der Waals surface area contributed by atoms with Gasteiger partial charge in [-0.2, -0.15) is 10.5 Å². The summed E-state index contributed by atoms with van der Waals surface area (Å²) in [5, 5.41) is 27.6. The van der Waals surface area contributed by atoms with Crippen LogP contribution in [0, 0.1) is 22.7 Å². The van der Waals surface area contributed by atoms with Gasteiger partial charge in [-0.15, -0.1) is 0 Å². The van der Waals surface area contributed by atoms with E-state index in [0.717, 1.165) is 99.5 Å². The smallest absolute Gasteiger partial charge is 0.147 e. The molecule has 306 valence electrons. The molecule has 0 aliphatic carbocycles. The Kier molecular flexibility index (Phi) is 9.19. The third kappa shape index (κ3) is 6.23. The highest BCUT2D eigenvalue weighted by molar-refractivity contribution is 6.32. The molecule has 64 heavy (non-hydrogen) atoms. The van der Waals surface area contributed by atoms with E-state index >= 15 is 0 Å². The van der Waals surface area contributed by atoms with Gasteiger partial charge in [0, 0.05) is 61.8 Å². The Hall–Kier alpha value is -8.32. The summed E-state index contributed by atoms with van der Waals surface area (Å²) >= 11 is 0. The first-order valence-electron chi connectivity index (χ1n) is 21.7. The maximum absolute atomic E-state index is 9.67. The third-order valence-corrected chi connectivity index (χ3v) is 12.7. The molecule has 0 bridgehead atoms. The van der Waals surface area contributed by atoms with Crippen LogP contribution < -0.4 is 9.80 Å². The number of rotatable bonds is 8. The number of nitriles is 2. The summed E-state index contributed by atoms with van der Waals surface area (Å²) in [4.78, 5) is 4.51. The number of anilines is 6. The van der Waals surface area contributed by atoms with E-state index in [1.54, 1.807) is 0 Å². The van der Waals surface area contributed by atoms with Gasteiger partial charge in [-0.05, 0) is 119 Å². The van der Waals surface area contributed by atoms with Crippen LogP contribution in [0.1, 0.15) is 61.8 Å². The van der Waals surface area contributed by atoms with Gasteiger partial charge in [0.2, 0.25) is 0 Å². The predicted molar refractivity (Wildman–Crippen MR) is 263 cm³/mol. The van der Waals surface area contributed by atoms with Crippen LogP contribution in [0.3, 0.4) is 0 Å². The maximum Gasteiger partial charge on any atom is 0.147 e. The summed E-state index contributed by atoms with van der Waals surface area (Å²) in [5.41, 5.74) is 12.6. The number of hydrogen-bond donors (Lipinski definition) is 0. The van der Waals surface area contributed by atoms with Gasteiger partial charge in [0.05, 0.1) is 40.0 Å². The largest absolute Gasteiger partial charge is 0.456 e. The first kappa shape index (κ1) is 38.6. The molecule has 0 amide bonds. The molecule has 0 spiro atoms. The normalized spacial score (nSPS) is 11.7. The van der Waals surface area contributed by atoms with Gasteiger partial charge in [0.25, 0.3) is 0 Å². The van der Waals surface area contributed by atoms with Crippen molar-refractivity contribution in [3.8, 4) is 12.1 Å². The van der Waals surface area contributed by atoms with E-state index in [2.05, 4.69) is 171 Å². The van der Waals surface area contributed by atoms with Gasteiger partial charge in [-0.25, -0.2) is 0 Å². The lowest BCUT2D eigenvalue weighted by atomic mass is 9.98. The minimum atomic E-state index is 0.396. The molecule has 0 radical (unpaired) electrons. The van der Waals surface area contributed by atoms with Gasteiger partial charge in [0.15, 0.2) is 0 Å². The molecule has 0 aliphatic heterocycles. The monoisotopic (exact) mass is 826 g/mol. The van der Waals surface area contributed by atoms with Gasteiger partial charge >= 0.3 is 0 Å². The van der Waals surface area contributed by atoms with Crippen molar-refractivity contribution in [2.75, 3.05) is 9.80 Å². The van der Waals surface area contributed by atoms with Crippen LogP contribution in [-0.4, -0.2) is 0 Å². The number of furan rings is 2. The van der Waals surface area contributed by atoms with E-state index in [-0.39, 0.29) is 0 Å². The second-order valence-electron chi connectivity index (χ2n) is 17.1. The Bertz CT molecular complexity index is 3680. The maximum atomic E-state index is 9.67. The van der Waals surface area contributed by atoms with Crippen molar-refractivity contribution < 1.29 is 8.83 Å². The molecule has 6 heteroatoms. The molecule has 11 rings (SSSR count). The fraction of sp³-hybridized carbons (Fsp3) is 0.103. The Labute approximate surface area is 371 Å².